The van der Waals surface area contributed by atoms with Crippen LogP contribution in [0.5, 0.6) is 0 Å². The van der Waals surface area contributed by atoms with Crippen LogP contribution in [0.25, 0.3) is 11.1 Å². The molecule has 2 amide bonds. The van der Waals surface area contributed by atoms with Crippen molar-refractivity contribution in [2.45, 2.75) is 65.6 Å². The molecule has 0 spiro atoms. The Morgan fingerprint density at radius 3 is 2.33 bits per heavy atom. The number of carboxylic acid groups (broad SMARTS) is 1. The van der Waals surface area contributed by atoms with Gasteiger partial charge in [-0.1, -0.05) is 58.3 Å². The van der Waals surface area contributed by atoms with Crippen LogP contribution < -0.4 is 5.56 Å². The van der Waals surface area contributed by atoms with Crippen LogP contribution in [0.1, 0.15) is 74.0 Å². The molecule has 4 aromatic rings. The van der Waals surface area contributed by atoms with E-state index in [0.29, 0.717) is 35.3 Å². The van der Waals surface area contributed by atoms with Crippen LogP contribution in [0, 0.1) is 6.92 Å². The lowest BCUT2D eigenvalue weighted by Gasteiger charge is -2.35. The highest BCUT2D eigenvalue weighted by Crippen LogP contribution is 2.28. The molecule has 0 aliphatic carbocycles. The maximum atomic E-state index is 14.1. The van der Waals surface area contributed by atoms with Gasteiger partial charge in [-0.15, -0.1) is 0 Å². The van der Waals surface area contributed by atoms with Gasteiger partial charge in [0, 0.05) is 28.7 Å². The van der Waals surface area contributed by atoms with Crippen LogP contribution in [0.3, 0.4) is 0 Å². The van der Waals surface area contributed by atoms with E-state index in [-0.39, 0.29) is 36.8 Å². The number of rotatable bonds is 10. The Labute approximate surface area is 253 Å². The molecule has 222 valence electrons. The van der Waals surface area contributed by atoms with Crippen molar-refractivity contribution in [1.82, 2.24) is 24.5 Å². The van der Waals surface area contributed by atoms with E-state index in [0.717, 1.165) is 10.0 Å². The summed E-state index contributed by atoms with van der Waals surface area (Å²) < 4.78 is 7.86. The molecule has 2 aromatic heterocycles. The monoisotopic (exact) mass is 637 g/mol. The van der Waals surface area contributed by atoms with Gasteiger partial charge in [-0.2, -0.15) is 4.98 Å². The summed E-state index contributed by atoms with van der Waals surface area (Å²) in [5, 5.41) is 14.1. The third-order valence-corrected chi connectivity index (χ3v) is 7.74. The zero-order valence-electron chi connectivity index (χ0n) is 24.5. The van der Waals surface area contributed by atoms with Crippen LogP contribution in [0.15, 0.2) is 68.4 Å². The molecular weight excluding hydrogens is 602 g/mol. The maximum Gasteiger partial charge on any atom is 0.407 e. The van der Waals surface area contributed by atoms with Crippen LogP contribution in [0.2, 0.25) is 0 Å². The van der Waals surface area contributed by atoms with Gasteiger partial charge in [-0.05, 0) is 70.4 Å². The van der Waals surface area contributed by atoms with E-state index in [1.165, 1.54) is 4.90 Å². The summed E-state index contributed by atoms with van der Waals surface area (Å²) in [7, 11) is 0. The number of carbonyl (C=O) groups excluding carboxylic acids is 1. The third kappa shape index (κ3) is 6.73. The first-order valence-electron chi connectivity index (χ1n) is 13.9. The normalized spacial score (nSPS) is 12.3. The molecule has 0 aliphatic heterocycles. The summed E-state index contributed by atoms with van der Waals surface area (Å²) in [6.45, 7) is 9.85. The number of benzene rings is 2. The first-order valence-corrected chi connectivity index (χ1v) is 14.7. The van der Waals surface area contributed by atoms with Crippen LogP contribution in [-0.4, -0.2) is 60.2 Å². The molecule has 11 heteroatoms. The van der Waals surface area contributed by atoms with Crippen molar-refractivity contribution in [3.63, 3.8) is 0 Å². The molecule has 10 nitrogen and oxygen atoms in total. The van der Waals surface area contributed by atoms with Gasteiger partial charge in [0.2, 0.25) is 0 Å². The van der Waals surface area contributed by atoms with E-state index in [9.17, 15) is 19.5 Å². The molecule has 0 aliphatic rings. The molecule has 0 saturated heterocycles. The highest BCUT2D eigenvalue weighted by molar-refractivity contribution is 9.10. The lowest BCUT2D eigenvalue weighted by atomic mass is 10.1. The summed E-state index contributed by atoms with van der Waals surface area (Å²) in [6.07, 6.45) is -0.191. The fraction of sp³-hybridized carbons (Fsp3) is 0.387. The second kappa shape index (κ2) is 12.9. The molecule has 2 heterocycles. The minimum atomic E-state index is -1.02. The topological polar surface area (TPSA) is 122 Å². The lowest BCUT2D eigenvalue weighted by Crippen LogP contribution is -2.46. The molecule has 42 heavy (non-hydrogen) atoms. The van der Waals surface area contributed by atoms with E-state index in [1.54, 1.807) is 40.7 Å². The smallest absolute Gasteiger partial charge is 0.407 e. The van der Waals surface area contributed by atoms with Crippen molar-refractivity contribution in [2.75, 3.05) is 13.1 Å². The second-order valence-corrected chi connectivity index (χ2v) is 12.1. The van der Waals surface area contributed by atoms with Gasteiger partial charge in [-0.25, -0.2) is 4.79 Å². The number of carbonyl (C=O) groups is 2. The van der Waals surface area contributed by atoms with Crippen LogP contribution in [-0.2, 0) is 6.54 Å². The van der Waals surface area contributed by atoms with E-state index < -0.39 is 17.7 Å². The van der Waals surface area contributed by atoms with Gasteiger partial charge in [0.15, 0.2) is 0 Å². The Morgan fingerprint density at radius 2 is 1.74 bits per heavy atom. The first-order chi connectivity index (χ1) is 19.9. The average Bonchev–Trinajstić information content (AvgIpc) is 3.32. The Morgan fingerprint density at radius 1 is 1.07 bits per heavy atom. The molecule has 0 radical (unpaired) electrons. The fourth-order valence-corrected chi connectivity index (χ4v) is 5.34. The number of halogens is 1. The highest BCUT2D eigenvalue weighted by Gasteiger charge is 2.32. The van der Waals surface area contributed by atoms with Crippen molar-refractivity contribution < 1.29 is 19.2 Å². The number of aromatic nitrogens is 3. The standard InChI is InChI=1S/C31H36BrN5O5/c1-6-24(26-33-27-25(20(2)34-42-27)29(39)36(26)19-21-11-8-7-9-12-21)35(28(38)22-13-15-23(32)16-14-22)17-10-18-37(30(40)41)31(3,4)5/h7-9,11-16,24H,6,10,17-19H2,1-5H3,(H,40,41). The minimum Gasteiger partial charge on any atom is -0.465 e. The maximum absolute atomic E-state index is 14.1. The Kier molecular flexibility index (Phi) is 9.50. The number of nitrogens with zero attached hydrogens (tertiary/aromatic N) is 5. The summed E-state index contributed by atoms with van der Waals surface area (Å²) in [4.78, 5) is 47.8. The van der Waals surface area contributed by atoms with Gasteiger partial charge < -0.3 is 19.4 Å². The zero-order chi connectivity index (χ0) is 30.6. The number of hydrogen-bond donors (Lipinski definition) is 1. The fourth-order valence-electron chi connectivity index (χ4n) is 5.07. The van der Waals surface area contributed by atoms with Crippen LogP contribution >= 0.6 is 15.9 Å². The summed E-state index contributed by atoms with van der Waals surface area (Å²) in [5.41, 5.74) is 1.04. The summed E-state index contributed by atoms with van der Waals surface area (Å²) in [6, 6.07) is 16.0. The number of hydrogen-bond acceptors (Lipinski definition) is 6. The Bertz CT molecular complexity index is 1610. The molecule has 1 unspecified atom stereocenters. The Balaban J connectivity index is 1.81. The SMILES string of the molecule is CCC(c1nc2onc(C)c2c(=O)n1Cc1ccccc1)N(CCCN(C(=O)O)C(C)(C)C)C(=O)c1ccc(Br)cc1. The van der Waals surface area contributed by atoms with Crippen molar-refractivity contribution in [3.05, 3.63) is 92.1 Å². The predicted molar refractivity (Wildman–Crippen MR) is 164 cm³/mol. The number of fused-ring (bicyclic) bond motifs is 1. The molecular formula is C31H36BrN5O5. The summed E-state index contributed by atoms with van der Waals surface area (Å²) in [5.74, 6) is 0.132. The van der Waals surface area contributed by atoms with Gasteiger partial charge in [0.05, 0.1) is 18.3 Å². The molecule has 0 saturated carbocycles. The van der Waals surface area contributed by atoms with E-state index in [4.69, 9.17) is 9.51 Å². The van der Waals surface area contributed by atoms with Crippen molar-refractivity contribution >= 4 is 39.0 Å². The number of amides is 2. The molecule has 1 N–H and O–H groups in total. The molecule has 0 bridgehead atoms. The van der Waals surface area contributed by atoms with Crippen molar-refractivity contribution in [1.29, 1.82) is 0 Å². The van der Waals surface area contributed by atoms with Gasteiger partial charge in [-0.3, -0.25) is 14.2 Å². The predicted octanol–water partition coefficient (Wildman–Crippen LogP) is 6.27. The highest BCUT2D eigenvalue weighted by atomic mass is 79.9. The van der Waals surface area contributed by atoms with Gasteiger partial charge >= 0.3 is 6.09 Å². The second-order valence-electron chi connectivity index (χ2n) is 11.2. The van der Waals surface area contributed by atoms with Gasteiger partial charge in [0.25, 0.3) is 17.2 Å². The molecule has 4 rings (SSSR count). The molecule has 1 atom stereocenters. The Hall–Kier alpha value is -3.99. The minimum absolute atomic E-state index is 0.121. The van der Waals surface area contributed by atoms with Crippen molar-refractivity contribution in [2.24, 2.45) is 0 Å². The third-order valence-electron chi connectivity index (χ3n) is 7.21. The molecule has 0 fully saturated rings. The first kappa shape index (κ1) is 31.0. The van der Waals surface area contributed by atoms with Crippen LogP contribution in [0.4, 0.5) is 4.79 Å². The lowest BCUT2D eigenvalue weighted by molar-refractivity contribution is 0.0628. The molecule has 2 aromatic carbocycles. The number of aryl methyl sites for hydroxylation is 1. The van der Waals surface area contributed by atoms with E-state index in [2.05, 4.69) is 21.1 Å². The van der Waals surface area contributed by atoms with E-state index in [1.807, 2.05) is 58.0 Å². The largest absolute Gasteiger partial charge is 0.465 e. The summed E-state index contributed by atoms with van der Waals surface area (Å²) >= 11 is 3.42. The quantitative estimate of drug-likeness (QED) is 0.217. The van der Waals surface area contributed by atoms with E-state index >= 15 is 0 Å². The average molecular weight is 639 g/mol. The van der Waals surface area contributed by atoms with Crippen molar-refractivity contribution in [3.8, 4) is 0 Å². The zero-order valence-corrected chi connectivity index (χ0v) is 26.1. The van der Waals surface area contributed by atoms with Gasteiger partial charge in [0.1, 0.15) is 11.2 Å².